The Labute approximate surface area is 185 Å². The van der Waals surface area contributed by atoms with Crippen LogP contribution in [0.2, 0.25) is 0 Å². The fourth-order valence-electron chi connectivity index (χ4n) is 4.16. The maximum Gasteiger partial charge on any atom is 0.422 e. The number of carbonyl (C=O) groups excluding carboxylic acids is 2. The minimum absolute atomic E-state index is 0.0601. The van der Waals surface area contributed by atoms with E-state index in [4.69, 9.17) is 4.74 Å². The summed E-state index contributed by atoms with van der Waals surface area (Å²) in [6.07, 6.45) is -5.04. The molecular weight excluding hydrogens is 448 g/mol. The number of ether oxygens (including phenoxy) is 1. The number of piperazine rings is 1. The van der Waals surface area contributed by atoms with E-state index in [9.17, 15) is 31.9 Å². The number of aromatic amines is 1. The number of aromatic nitrogens is 2. The molecule has 2 aromatic rings. The van der Waals surface area contributed by atoms with Gasteiger partial charge in [-0.15, -0.1) is 0 Å². The summed E-state index contributed by atoms with van der Waals surface area (Å²) in [5, 5.41) is 5.54. The number of morpholine rings is 1. The highest BCUT2D eigenvalue weighted by Gasteiger charge is 2.38. The summed E-state index contributed by atoms with van der Waals surface area (Å²) in [5.41, 5.74) is -3.09. The average molecular weight is 468 g/mol. The number of hydrogen-bond donors (Lipinski definition) is 1. The maximum atomic E-state index is 14.5. The molecule has 2 aliphatic heterocycles. The smallest absolute Gasteiger partial charge is 0.377 e. The minimum Gasteiger partial charge on any atom is -0.377 e. The van der Waals surface area contributed by atoms with Crippen molar-refractivity contribution in [1.82, 2.24) is 20.0 Å². The number of nitrogens with one attached hydrogen (secondary N) is 1. The van der Waals surface area contributed by atoms with Gasteiger partial charge in [-0.05, 0) is 30.2 Å². The second kappa shape index (κ2) is 8.58. The zero-order chi connectivity index (χ0) is 23.9. The first-order valence-corrected chi connectivity index (χ1v) is 10.2. The van der Waals surface area contributed by atoms with Crippen molar-refractivity contribution in [2.24, 2.45) is 0 Å². The van der Waals surface area contributed by atoms with Crippen LogP contribution in [-0.2, 0) is 22.1 Å². The number of carbonyl (C=O) groups is 2. The summed E-state index contributed by atoms with van der Waals surface area (Å²) in [5.74, 6) is -1.78. The van der Waals surface area contributed by atoms with Gasteiger partial charge < -0.3 is 14.5 Å². The molecule has 8 nitrogen and oxygen atoms in total. The fraction of sp³-hybridized carbons (Fsp3) is 0.429. The van der Waals surface area contributed by atoms with Crippen molar-refractivity contribution < 1.29 is 31.9 Å². The van der Waals surface area contributed by atoms with E-state index in [0.29, 0.717) is 18.7 Å². The molecule has 2 amide bonds. The van der Waals surface area contributed by atoms with Gasteiger partial charge in [0.25, 0.3) is 11.5 Å². The number of nitrogens with zero attached hydrogens (tertiary/aromatic N) is 3. The standard InChI is InChI=1S/C21H20F4N4O4/c1-11-16(26-27-19(31)18(11)21(23,24)25)7-12-2-3-15(22)14(6-12)20(32)28-8-13-10-33-5-4-29(13)17(30)9-28/h2-3,6,13H,4-5,7-10H2,1H3,(H,27,31). The monoisotopic (exact) mass is 468 g/mol. The molecule has 2 saturated heterocycles. The summed E-state index contributed by atoms with van der Waals surface area (Å²) >= 11 is 0. The highest BCUT2D eigenvalue weighted by molar-refractivity contribution is 5.97. The Morgan fingerprint density at radius 3 is 2.79 bits per heavy atom. The molecule has 0 saturated carbocycles. The molecule has 0 bridgehead atoms. The van der Waals surface area contributed by atoms with Crippen LogP contribution >= 0.6 is 0 Å². The number of alkyl halides is 3. The summed E-state index contributed by atoms with van der Waals surface area (Å²) in [7, 11) is 0. The lowest BCUT2D eigenvalue weighted by Crippen LogP contribution is -2.61. The number of fused-ring (bicyclic) bond motifs is 1. The highest BCUT2D eigenvalue weighted by atomic mass is 19.4. The molecule has 176 valence electrons. The molecule has 0 spiro atoms. The molecule has 1 atom stereocenters. The number of H-pyrrole nitrogens is 1. The Kier molecular flexibility index (Phi) is 5.95. The molecule has 3 heterocycles. The van der Waals surface area contributed by atoms with Gasteiger partial charge >= 0.3 is 6.18 Å². The normalized spacial score (nSPS) is 18.9. The third-order valence-electron chi connectivity index (χ3n) is 5.84. The van der Waals surface area contributed by atoms with Crippen molar-refractivity contribution in [1.29, 1.82) is 0 Å². The van der Waals surface area contributed by atoms with E-state index >= 15 is 0 Å². The van der Waals surface area contributed by atoms with Gasteiger partial charge in [-0.25, -0.2) is 9.49 Å². The van der Waals surface area contributed by atoms with E-state index in [2.05, 4.69) is 5.10 Å². The Hall–Kier alpha value is -3.28. The molecule has 4 rings (SSSR count). The predicted molar refractivity (Wildman–Crippen MR) is 106 cm³/mol. The quantitative estimate of drug-likeness (QED) is 0.690. The van der Waals surface area contributed by atoms with Gasteiger partial charge in [0.1, 0.15) is 17.9 Å². The Balaban J connectivity index is 1.60. The zero-order valence-electron chi connectivity index (χ0n) is 17.5. The van der Waals surface area contributed by atoms with Crippen molar-refractivity contribution in [3.05, 3.63) is 62.3 Å². The molecule has 1 aromatic carbocycles. The second-order valence-electron chi connectivity index (χ2n) is 7.99. The van der Waals surface area contributed by atoms with E-state index in [1.54, 1.807) is 4.90 Å². The first-order valence-electron chi connectivity index (χ1n) is 10.2. The van der Waals surface area contributed by atoms with Crippen molar-refractivity contribution >= 4 is 11.8 Å². The summed E-state index contributed by atoms with van der Waals surface area (Å²) in [4.78, 5) is 39.9. The SMILES string of the molecule is Cc1c(Cc2ccc(F)c(C(=O)N3CC(=O)N4CCOCC4C3)c2)n[nH]c(=O)c1C(F)(F)F. The van der Waals surface area contributed by atoms with Crippen LogP contribution in [0.15, 0.2) is 23.0 Å². The molecule has 12 heteroatoms. The van der Waals surface area contributed by atoms with Crippen molar-refractivity contribution in [2.75, 3.05) is 32.8 Å². The fourth-order valence-corrected chi connectivity index (χ4v) is 4.16. The zero-order valence-corrected chi connectivity index (χ0v) is 17.5. The molecule has 2 aliphatic rings. The first kappa shape index (κ1) is 22.9. The first-order chi connectivity index (χ1) is 15.6. The molecule has 1 aromatic heterocycles. The Morgan fingerprint density at radius 2 is 2.06 bits per heavy atom. The van der Waals surface area contributed by atoms with Crippen molar-refractivity contribution in [3.63, 3.8) is 0 Å². The largest absolute Gasteiger partial charge is 0.422 e. The van der Waals surface area contributed by atoms with Gasteiger partial charge in [0.2, 0.25) is 5.91 Å². The lowest BCUT2D eigenvalue weighted by Gasteiger charge is -2.43. The van der Waals surface area contributed by atoms with Gasteiger partial charge in [-0.1, -0.05) is 6.07 Å². The lowest BCUT2D eigenvalue weighted by molar-refractivity contribution is -0.146. The summed E-state index contributed by atoms with van der Waals surface area (Å²) in [6.45, 7) is 2.24. The lowest BCUT2D eigenvalue weighted by atomic mass is 10.0. The highest BCUT2D eigenvalue weighted by Crippen LogP contribution is 2.30. The van der Waals surface area contributed by atoms with Gasteiger partial charge in [0.05, 0.1) is 30.5 Å². The molecular formula is C21H20F4N4O4. The van der Waals surface area contributed by atoms with Gasteiger partial charge in [-0.3, -0.25) is 14.4 Å². The third kappa shape index (κ3) is 4.47. The van der Waals surface area contributed by atoms with Crippen LogP contribution in [0.3, 0.4) is 0 Å². The van der Waals surface area contributed by atoms with Gasteiger partial charge in [0.15, 0.2) is 0 Å². The molecule has 1 N–H and O–H groups in total. The van der Waals surface area contributed by atoms with Crippen LogP contribution in [0.4, 0.5) is 17.6 Å². The van der Waals surface area contributed by atoms with Crippen molar-refractivity contribution in [3.8, 4) is 0 Å². The van der Waals surface area contributed by atoms with E-state index in [0.717, 1.165) is 13.0 Å². The van der Waals surface area contributed by atoms with Crippen LogP contribution < -0.4 is 5.56 Å². The van der Waals surface area contributed by atoms with Crippen LogP contribution in [0.25, 0.3) is 0 Å². The van der Waals surface area contributed by atoms with Crippen LogP contribution in [-0.4, -0.2) is 70.7 Å². The number of rotatable bonds is 3. The van der Waals surface area contributed by atoms with E-state index in [1.807, 2.05) is 5.10 Å². The third-order valence-corrected chi connectivity index (χ3v) is 5.84. The number of hydrogen-bond acceptors (Lipinski definition) is 5. The Morgan fingerprint density at radius 1 is 1.30 bits per heavy atom. The van der Waals surface area contributed by atoms with Crippen LogP contribution in [0.1, 0.15) is 32.7 Å². The van der Waals surface area contributed by atoms with E-state index in [1.165, 1.54) is 17.0 Å². The minimum atomic E-state index is -4.86. The molecule has 2 fully saturated rings. The van der Waals surface area contributed by atoms with Crippen LogP contribution in [0, 0.1) is 12.7 Å². The summed E-state index contributed by atoms with van der Waals surface area (Å²) in [6, 6.07) is 3.27. The summed E-state index contributed by atoms with van der Waals surface area (Å²) < 4.78 is 59.5. The van der Waals surface area contributed by atoms with Gasteiger partial charge in [-0.2, -0.15) is 18.3 Å². The average Bonchev–Trinajstić information content (AvgIpc) is 2.75. The van der Waals surface area contributed by atoms with E-state index in [-0.39, 0.29) is 54.9 Å². The van der Waals surface area contributed by atoms with Crippen molar-refractivity contribution in [2.45, 2.75) is 25.6 Å². The topological polar surface area (TPSA) is 95.6 Å². The molecule has 1 unspecified atom stereocenters. The van der Waals surface area contributed by atoms with E-state index < -0.39 is 29.0 Å². The molecule has 0 aliphatic carbocycles. The number of halogens is 4. The number of amides is 2. The molecule has 0 radical (unpaired) electrons. The van der Waals surface area contributed by atoms with Crippen LogP contribution in [0.5, 0.6) is 0 Å². The second-order valence-corrected chi connectivity index (χ2v) is 7.99. The number of benzene rings is 1. The molecule has 33 heavy (non-hydrogen) atoms. The predicted octanol–water partition coefficient (Wildman–Crippen LogP) is 1.51. The van der Waals surface area contributed by atoms with Gasteiger partial charge in [0, 0.05) is 19.5 Å². The Bertz CT molecular complexity index is 1160. The maximum absolute atomic E-state index is 14.5.